The van der Waals surface area contributed by atoms with Crippen molar-refractivity contribution < 1.29 is 4.79 Å². The van der Waals surface area contributed by atoms with E-state index in [4.69, 9.17) is 0 Å². The number of H-pyrrole nitrogens is 1. The van der Waals surface area contributed by atoms with Gasteiger partial charge >= 0.3 is 0 Å². The van der Waals surface area contributed by atoms with Gasteiger partial charge in [0.15, 0.2) is 11.3 Å². The zero-order valence-electron chi connectivity index (χ0n) is 15.7. The molecular weight excluding hydrogens is 481 g/mol. The first-order chi connectivity index (χ1) is 14.2. The molecule has 29 heavy (non-hydrogen) atoms. The molecule has 0 aliphatic carbocycles. The molecule has 3 heterocycles. The van der Waals surface area contributed by atoms with Crippen LogP contribution in [0.3, 0.4) is 0 Å². The lowest BCUT2D eigenvalue weighted by atomic mass is 10.1. The number of aromatic nitrogens is 6. The average molecular weight is 501 g/mol. The van der Waals surface area contributed by atoms with Crippen LogP contribution in [0.2, 0.25) is 0 Å². The number of carbonyl (C=O) groups is 1. The first-order valence-electron chi connectivity index (χ1n) is 9.40. The number of aryl methyl sites for hydroxylation is 2. The van der Waals surface area contributed by atoms with Crippen LogP contribution in [0.1, 0.15) is 34.6 Å². The Balaban J connectivity index is 1.23. The molecule has 0 unspecified atom stereocenters. The summed E-state index contributed by atoms with van der Waals surface area (Å²) in [6.07, 6.45) is 6.34. The van der Waals surface area contributed by atoms with Gasteiger partial charge in [-0.3, -0.25) is 9.48 Å². The van der Waals surface area contributed by atoms with Crippen molar-refractivity contribution in [2.45, 2.75) is 32.4 Å². The van der Waals surface area contributed by atoms with Crippen LogP contribution in [0.15, 0.2) is 48.8 Å². The molecule has 8 nitrogen and oxygen atoms in total. The van der Waals surface area contributed by atoms with Crippen LogP contribution < -0.4 is 5.32 Å². The number of nitrogens with zero attached hydrogens (tertiary/aromatic N) is 5. The molecule has 9 heteroatoms. The van der Waals surface area contributed by atoms with Gasteiger partial charge in [-0.2, -0.15) is 5.10 Å². The quantitative estimate of drug-likeness (QED) is 0.286. The summed E-state index contributed by atoms with van der Waals surface area (Å²) >= 11 is 2.29. The predicted octanol–water partition coefficient (Wildman–Crippen LogP) is 3.11. The van der Waals surface area contributed by atoms with Crippen molar-refractivity contribution in [2.75, 3.05) is 0 Å². The van der Waals surface area contributed by atoms with Crippen molar-refractivity contribution in [3.8, 4) is 0 Å². The van der Waals surface area contributed by atoms with Gasteiger partial charge in [0.05, 0.1) is 11.9 Å². The Hall–Kier alpha value is -2.82. The normalized spacial score (nSPS) is 11.1. The lowest BCUT2D eigenvalue weighted by Crippen LogP contribution is -2.23. The Kier molecular flexibility index (Phi) is 6.13. The SMILES string of the molecule is O=C(NCc1ccccc1)c1cn(CCCCc2cc3c(I)c[nH]c3nn2)nn1. The van der Waals surface area contributed by atoms with Crippen LogP contribution in [-0.4, -0.2) is 36.1 Å². The lowest BCUT2D eigenvalue weighted by Gasteiger charge is -2.03. The minimum absolute atomic E-state index is 0.218. The van der Waals surface area contributed by atoms with E-state index in [9.17, 15) is 4.79 Å². The summed E-state index contributed by atoms with van der Waals surface area (Å²) in [4.78, 5) is 15.3. The Labute approximate surface area is 181 Å². The molecule has 1 amide bonds. The van der Waals surface area contributed by atoms with E-state index in [0.717, 1.165) is 45.1 Å². The van der Waals surface area contributed by atoms with Gasteiger partial charge in [0.25, 0.3) is 5.91 Å². The largest absolute Gasteiger partial charge is 0.347 e. The summed E-state index contributed by atoms with van der Waals surface area (Å²) in [6.45, 7) is 1.17. The number of hydrogen-bond acceptors (Lipinski definition) is 5. The maximum Gasteiger partial charge on any atom is 0.273 e. The smallest absolute Gasteiger partial charge is 0.273 e. The van der Waals surface area contributed by atoms with Crippen molar-refractivity contribution in [2.24, 2.45) is 0 Å². The third kappa shape index (κ3) is 4.97. The fourth-order valence-electron chi connectivity index (χ4n) is 3.01. The molecular formula is C20H20IN7O. The zero-order valence-corrected chi connectivity index (χ0v) is 17.8. The molecule has 0 bridgehead atoms. The molecule has 0 radical (unpaired) electrons. The van der Waals surface area contributed by atoms with Gasteiger partial charge in [-0.05, 0) is 53.5 Å². The topological polar surface area (TPSA) is 101 Å². The molecule has 0 aliphatic rings. The molecule has 0 aliphatic heterocycles. The van der Waals surface area contributed by atoms with Crippen LogP contribution in [-0.2, 0) is 19.5 Å². The second-order valence-electron chi connectivity index (χ2n) is 6.73. The Morgan fingerprint density at radius 1 is 1.14 bits per heavy atom. The molecule has 4 aromatic rings. The van der Waals surface area contributed by atoms with Gasteiger partial charge in [-0.15, -0.1) is 10.2 Å². The van der Waals surface area contributed by atoms with E-state index in [-0.39, 0.29) is 5.91 Å². The van der Waals surface area contributed by atoms with E-state index < -0.39 is 0 Å². The monoisotopic (exact) mass is 501 g/mol. The van der Waals surface area contributed by atoms with E-state index in [1.807, 2.05) is 36.5 Å². The summed E-state index contributed by atoms with van der Waals surface area (Å²) in [7, 11) is 0. The lowest BCUT2D eigenvalue weighted by molar-refractivity contribution is 0.0946. The van der Waals surface area contributed by atoms with Crippen molar-refractivity contribution in [3.05, 3.63) is 69.3 Å². The number of rotatable bonds is 8. The molecule has 3 aromatic heterocycles. The van der Waals surface area contributed by atoms with Gasteiger partial charge in [-0.25, -0.2) is 0 Å². The van der Waals surface area contributed by atoms with Crippen molar-refractivity contribution >= 4 is 39.5 Å². The summed E-state index contributed by atoms with van der Waals surface area (Å²) in [5, 5.41) is 20.5. The maximum atomic E-state index is 12.2. The molecule has 0 fully saturated rings. The number of unbranched alkanes of at least 4 members (excludes halogenated alkanes) is 1. The average Bonchev–Trinajstić information content (AvgIpc) is 3.37. The second-order valence-corrected chi connectivity index (χ2v) is 7.89. The fraction of sp³-hybridized carbons (Fsp3) is 0.250. The second kappa shape index (κ2) is 9.12. The number of amides is 1. The minimum Gasteiger partial charge on any atom is -0.347 e. The van der Waals surface area contributed by atoms with E-state index >= 15 is 0 Å². The zero-order chi connectivity index (χ0) is 20.1. The molecule has 2 N–H and O–H groups in total. The third-order valence-electron chi connectivity index (χ3n) is 4.57. The molecule has 4 rings (SSSR count). The Morgan fingerprint density at radius 3 is 2.86 bits per heavy atom. The standard InChI is InChI=1S/C20H20IN7O/c21-17-12-22-19-16(17)10-15(24-26-19)8-4-5-9-28-13-18(25-27-28)20(29)23-11-14-6-2-1-3-7-14/h1-3,6-7,10,12-13H,4-5,8-9,11H2,(H,22,26)(H,23,29). The van der Waals surface area contributed by atoms with Crippen molar-refractivity contribution in [3.63, 3.8) is 0 Å². The van der Waals surface area contributed by atoms with Gasteiger partial charge in [0.2, 0.25) is 0 Å². The van der Waals surface area contributed by atoms with Crippen molar-refractivity contribution in [1.82, 2.24) is 35.5 Å². The maximum absolute atomic E-state index is 12.2. The highest BCUT2D eigenvalue weighted by atomic mass is 127. The number of benzene rings is 1. The number of aromatic amines is 1. The molecule has 1 aromatic carbocycles. The van der Waals surface area contributed by atoms with E-state index in [1.165, 1.54) is 0 Å². The minimum atomic E-state index is -0.218. The van der Waals surface area contributed by atoms with Gasteiger partial charge in [0, 0.05) is 28.2 Å². The van der Waals surface area contributed by atoms with Crippen LogP contribution in [0.5, 0.6) is 0 Å². The van der Waals surface area contributed by atoms with E-state index in [0.29, 0.717) is 18.8 Å². The summed E-state index contributed by atoms with van der Waals surface area (Å²) < 4.78 is 2.86. The van der Waals surface area contributed by atoms with E-state index in [2.05, 4.69) is 59.5 Å². The Bertz CT molecular complexity index is 1110. The highest BCUT2D eigenvalue weighted by molar-refractivity contribution is 14.1. The molecule has 0 spiro atoms. The molecule has 0 saturated carbocycles. The highest BCUT2D eigenvalue weighted by Gasteiger charge is 2.10. The van der Waals surface area contributed by atoms with Crippen LogP contribution >= 0.6 is 22.6 Å². The number of carbonyl (C=O) groups excluding carboxylic acids is 1. The Morgan fingerprint density at radius 2 is 2.00 bits per heavy atom. The molecule has 0 saturated heterocycles. The van der Waals surface area contributed by atoms with Crippen molar-refractivity contribution in [1.29, 1.82) is 0 Å². The number of nitrogens with one attached hydrogen (secondary N) is 2. The summed E-state index contributed by atoms with van der Waals surface area (Å²) in [5.74, 6) is -0.218. The van der Waals surface area contributed by atoms with Crippen LogP contribution in [0.25, 0.3) is 11.0 Å². The molecule has 0 atom stereocenters. The fourth-order valence-corrected chi connectivity index (χ4v) is 3.58. The number of fused-ring (bicyclic) bond motifs is 1. The first kappa shape index (κ1) is 19.5. The number of halogens is 1. The van der Waals surface area contributed by atoms with Gasteiger partial charge < -0.3 is 10.3 Å². The first-order valence-corrected chi connectivity index (χ1v) is 10.5. The van der Waals surface area contributed by atoms with Crippen LogP contribution in [0.4, 0.5) is 0 Å². The highest BCUT2D eigenvalue weighted by Crippen LogP contribution is 2.18. The molecule has 148 valence electrons. The summed E-state index contributed by atoms with van der Waals surface area (Å²) in [5.41, 5.74) is 3.18. The third-order valence-corrected chi connectivity index (χ3v) is 5.47. The van der Waals surface area contributed by atoms with Crippen LogP contribution in [0, 0.1) is 3.57 Å². The number of hydrogen-bond donors (Lipinski definition) is 2. The summed E-state index contributed by atoms with van der Waals surface area (Å²) in [6, 6.07) is 11.9. The van der Waals surface area contributed by atoms with E-state index in [1.54, 1.807) is 10.9 Å². The predicted molar refractivity (Wildman–Crippen MR) is 117 cm³/mol. The van der Waals surface area contributed by atoms with Gasteiger partial charge in [0.1, 0.15) is 0 Å². The van der Waals surface area contributed by atoms with Gasteiger partial charge in [-0.1, -0.05) is 35.5 Å².